The van der Waals surface area contributed by atoms with E-state index in [-0.39, 0.29) is 18.1 Å². The van der Waals surface area contributed by atoms with E-state index < -0.39 is 0 Å². The first-order valence-electron chi connectivity index (χ1n) is 7.25. The van der Waals surface area contributed by atoms with Crippen LogP contribution in [-0.4, -0.2) is 15.7 Å². The molecule has 0 unspecified atom stereocenters. The molecule has 0 radical (unpaired) electrons. The molecule has 0 spiro atoms. The van der Waals surface area contributed by atoms with Crippen molar-refractivity contribution in [1.82, 2.24) is 9.78 Å². The molecule has 0 aliphatic heterocycles. The molecule has 23 heavy (non-hydrogen) atoms. The maximum Gasteiger partial charge on any atom is 0.228 e. The Bertz CT molecular complexity index is 827. The Kier molecular flexibility index (Phi) is 4.19. The van der Waals surface area contributed by atoms with Crippen LogP contribution in [0.4, 0.5) is 10.1 Å². The van der Waals surface area contributed by atoms with Gasteiger partial charge in [-0.3, -0.25) is 9.48 Å². The lowest BCUT2D eigenvalue weighted by molar-refractivity contribution is -0.115. The van der Waals surface area contributed by atoms with Crippen molar-refractivity contribution in [2.24, 2.45) is 7.05 Å². The van der Waals surface area contributed by atoms with Gasteiger partial charge in [0.1, 0.15) is 5.82 Å². The number of aromatic nitrogens is 2. The SMILES string of the molecule is Cn1ncc(NC(=O)Cc2cccc(F)c2)c1-c1ccccc1. The van der Waals surface area contributed by atoms with E-state index in [1.54, 1.807) is 23.0 Å². The molecule has 0 aliphatic rings. The number of amides is 1. The van der Waals surface area contributed by atoms with Crippen molar-refractivity contribution in [2.45, 2.75) is 6.42 Å². The monoisotopic (exact) mass is 309 g/mol. The van der Waals surface area contributed by atoms with E-state index in [4.69, 9.17) is 0 Å². The smallest absolute Gasteiger partial charge is 0.228 e. The molecule has 0 aliphatic carbocycles. The van der Waals surface area contributed by atoms with Crippen LogP contribution in [0.5, 0.6) is 0 Å². The fourth-order valence-corrected chi connectivity index (χ4v) is 2.49. The van der Waals surface area contributed by atoms with Crippen molar-refractivity contribution in [3.05, 3.63) is 72.2 Å². The minimum atomic E-state index is -0.346. The highest BCUT2D eigenvalue weighted by molar-refractivity contribution is 5.95. The summed E-state index contributed by atoms with van der Waals surface area (Å²) in [5.41, 5.74) is 3.07. The van der Waals surface area contributed by atoms with Crippen molar-refractivity contribution in [3.8, 4) is 11.3 Å². The van der Waals surface area contributed by atoms with Gasteiger partial charge in [-0.2, -0.15) is 5.10 Å². The van der Waals surface area contributed by atoms with Gasteiger partial charge < -0.3 is 5.32 Å². The van der Waals surface area contributed by atoms with Crippen molar-refractivity contribution >= 4 is 11.6 Å². The van der Waals surface area contributed by atoms with E-state index in [0.717, 1.165) is 11.3 Å². The maximum absolute atomic E-state index is 13.2. The average Bonchev–Trinajstić information content (AvgIpc) is 2.88. The lowest BCUT2D eigenvalue weighted by Crippen LogP contribution is -2.15. The number of hydrogen-bond donors (Lipinski definition) is 1. The Balaban J connectivity index is 1.80. The molecule has 0 saturated heterocycles. The van der Waals surface area contributed by atoms with Gasteiger partial charge >= 0.3 is 0 Å². The number of carbonyl (C=O) groups is 1. The molecule has 0 saturated carbocycles. The third kappa shape index (κ3) is 3.45. The van der Waals surface area contributed by atoms with Crippen molar-refractivity contribution in [1.29, 1.82) is 0 Å². The van der Waals surface area contributed by atoms with Crippen LogP contribution in [0.25, 0.3) is 11.3 Å². The van der Waals surface area contributed by atoms with Gasteiger partial charge in [0.15, 0.2) is 0 Å². The third-order valence-corrected chi connectivity index (χ3v) is 3.51. The molecule has 2 aromatic carbocycles. The lowest BCUT2D eigenvalue weighted by atomic mass is 10.1. The van der Waals surface area contributed by atoms with Crippen LogP contribution in [0.3, 0.4) is 0 Å². The summed E-state index contributed by atoms with van der Waals surface area (Å²) in [5.74, 6) is -0.553. The summed E-state index contributed by atoms with van der Waals surface area (Å²) in [5, 5.41) is 7.06. The highest BCUT2D eigenvalue weighted by Gasteiger charge is 2.13. The van der Waals surface area contributed by atoms with Crippen LogP contribution in [0.2, 0.25) is 0 Å². The van der Waals surface area contributed by atoms with Gasteiger partial charge in [0.2, 0.25) is 5.91 Å². The van der Waals surface area contributed by atoms with Crippen molar-refractivity contribution in [3.63, 3.8) is 0 Å². The Morgan fingerprint density at radius 2 is 1.96 bits per heavy atom. The first-order valence-corrected chi connectivity index (χ1v) is 7.25. The summed E-state index contributed by atoms with van der Waals surface area (Å²) in [6.45, 7) is 0. The lowest BCUT2D eigenvalue weighted by Gasteiger charge is -2.08. The average molecular weight is 309 g/mol. The fourth-order valence-electron chi connectivity index (χ4n) is 2.49. The summed E-state index contributed by atoms with van der Waals surface area (Å²) < 4.78 is 14.9. The van der Waals surface area contributed by atoms with Crippen LogP contribution >= 0.6 is 0 Å². The van der Waals surface area contributed by atoms with E-state index in [9.17, 15) is 9.18 Å². The standard InChI is InChI=1S/C18H16FN3O/c1-22-18(14-7-3-2-4-8-14)16(12-20-22)21-17(23)11-13-6-5-9-15(19)10-13/h2-10,12H,11H2,1H3,(H,21,23). The molecule has 4 nitrogen and oxygen atoms in total. The second kappa shape index (κ2) is 6.44. The number of rotatable bonds is 4. The minimum absolute atomic E-state index is 0.112. The summed E-state index contributed by atoms with van der Waals surface area (Å²) >= 11 is 0. The van der Waals surface area contributed by atoms with E-state index >= 15 is 0 Å². The number of nitrogens with zero attached hydrogens (tertiary/aromatic N) is 2. The number of aryl methyl sites for hydroxylation is 1. The number of benzene rings is 2. The molecule has 3 aromatic rings. The number of nitrogens with one attached hydrogen (secondary N) is 1. The van der Waals surface area contributed by atoms with E-state index in [0.29, 0.717) is 11.3 Å². The third-order valence-electron chi connectivity index (χ3n) is 3.51. The maximum atomic E-state index is 13.2. The summed E-state index contributed by atoms with van der Waals surface area (Å²) in [7, 11) is 1.82. The molecule has 116 valence electrons. The largest absolute Gasteiger partial charge is 0.323 e. The van der Waals surface area contributed by atoms with Gasteiger partial charge in [-0.25, -0.2) is 4.39 Å². The number of hydrogen-bond acceptors (Lipinski definition) is 2. The highest BCUT2D eigenvalue weighted by atomic mass is 19.1. The van der Waals surface area contributed by atoms with Crippen LogP contribution in [0.1, 0.15) is 5.56 Å². The fraction of sp³-hybridized carbons (Fsp3) is 0.111. The van der Waals surface area contributed by atoms with Gasteiger partial charge in [-0.05, 0) is 17.7 Å². The van der Waals surface area contributed by atoms with E-state index in [2.05, 4.69) is 10.4 Å². The van der Waals surface area contributed by atoms with Crippen LogP contribution in [-0.2, 0) is 18.3 Å². The van der Waals surface area contributed by atoms with Gasteiger partial charge in [-0.15, -0.1) is 0 Å². The molecule has 0 fully saturated rings. The molecule has 0 bridgehead atoms. The Hall–Kier alpha value is -2.95. The van der Waals surface area contributed by atoms with Crippen LogP contribution in [0.15, 0.2) is 60.8 Å². The quantitative estimate of drug-likeness (QED) is 0.803. The van der Waals surface area contributed by atoms with Crippen LogP contribution in [0, 0.1) is 5.82 Å². The Morgan fingerprint density at radius 3 is 2.70 bits per heavy atom. The topological polar surface area (TPSA) is 46.9 Å². The normalized spacial score (nSPS) is 10.5. The zero-order valence-electron chi connectivity index (χ0n) is 12.7. The predicted octanol–water partition coefficient (Wildman–Crippen LogP) is 3.41. The highest BCUT2D eigenvalue weighted by Crippen LogP contribution is 2.27. The molecule has 1 N–H and O–H groups in total. The summed E-state index contributed by atoms with van der Waals surface area (Å²) in [4.78, 5) is 12.2. The number of anilines is 1. The predicted molar refractivity (Wildman–Crippen MR) is 87.4 cm³/mol. The van der Waals surface area contributed by atoms with E-state index in [1.165, 1.54) is 12.1 Å². The Labute approximate surface area is 133 Å². The first kappa shape index (κ1) is 15.0. The minimum Gasteiger partial charge on any atom is -0.323 e. The summed E-state index contributed by atoms with van der Waals surface area (Å²) in [6, 6.07) is 15.8. The second-order valence-electron chi connectivity index (χ2n) is 5.25. The van der Waals surface area contributed by atoms with Gasteiger partial charge in [0.25, 0.3) is 0 Å². The van der Waals surface area contributed by atoms with Gasteiger partial charge in [0, 0.05) is 12.6 Å². The molecule has 1 aromatic heterocycles. The van der Waals surface area contributed by atoms with Gasteiger partial charge in [-0.1, -0.05) is 42.5 Å². The Morgan fingerprint density at radius 1 is 1.17 bits per heavy atom. The van der Waals surface area contributed by atoms with E-state index in [1.807, 2.05) is 37.4 Å². The van der Waals surface area contributed by atoms with Gasteiger partial charge in [0.05, 0.1) is 24.0 Å². The second-order valence-corrected chi connectivity index (χ2v) is 5.25. The molecule has 1 heterocycles. The van der Waals surface area contributed by atoms with Crippen LogP contribution < -0.4 is 5.32 Å². The summed E-state index contributed by atoms with van der Waals surface area (Å²) in [6.07, 6.45) is 1.73. The number of carbonyl (C=O) groups excluding carboxylic acids is 1. The first-order chi connectivity index (χ1) is 11.1. The molecule has 0 atom stereocenters. The molecule has 1 amide bonds. The van der Waals surface area contributed by atoms with Crippen molar-refractivity contribution < 1.29 is 9.18 Å². The molecular weight excluding hydrogens is 293 g/mol. The zero-order chi connectivity index (χ0) is 16.2. The molecule has 5 heteroatoms. The molecule has 3 rings (SSSR count). The number of halogens is 1. The zero-order valence-corrected chi connectivity index (χ0v) is 12.7. The van der Waals surface area contributed by atoms with Crippen molar-refractivity contribution in [2.75, 3.05) is 5.32 Å². The molecular formula is C18H16FN3O.